The zero-order valence-corrected chi connectivity index (χ0v) is 15.3. The van der Waals surface area contributed by atoms with Crippen molar-refractivity contribution in [2.75, 3.05) is 18.9 Å². The minimum absolute atomic E-state index is 0.156. The van der Waals surface area contributed by atoms with Crippen LogP contribution in [-0.4, -0.2) is 37.2 Å². The van der Waals surface area contributed by atoms with E-state index in [1.54, 1.807) is 36.7 Å². The number of aryl methyl sites for hydroxylation is 1. The first-order valence-electron chi connectivity index (χ1n) is 8.04. The molecule has 0 bridgehead atoms. The van der Waals surface area contributed by atoms with Crippen LogP contribution in [0.4, 0.5) is 5.69 Å². The van der Waals surface area contributed by atoms with Gasteiger partial charge in [0.25, 0.3) is 0 Å². The van der Waals surface area contributed by atoms with Crippen LogP contribution in [0.5, 0.6) is 0 Å². The summed E-state index contributed by atoms with van der Waals surface area (Å²) in [5.41, 5.74) is 1.58. The molecule has 0 aliphatic heterocycles. The molecule has 2 aromatic carbocycles. The summed E-state index contributed by atoms with van der Waals surface area (Å²) in [7, 11) is -2.42. The quantitative estimate of drug-likeness (QED) is 0.750. The van der Waals surface area contributed by atoms with Gasteiger partial charge in [0.1, 0.15) is 0 Å². The molecule has 0 aliphatic carbocycles. The molecule has 1 heterocycles. The molecule has 0 aliphatic rings. The van der Waals surface area contributed by atoms with Crippen molar-refractivity contribution in [2.45, 2.75) is 11.8 Å². The van der Waals surface area contributed by atoms with Gasteiger partial charge in [-0.05, 0) is 30.7 Å². The van der Waals surface area contributed by atoms with Crippen LogP contribution in [0.1, 0.15) is 5.56 Å². The van der Waals surface area contributed by atoms with Gasteiger partial charge in [0.15, 0.2) is 0 Å². The highest BCUT2D eigenvalue weighted by Gasteiger charge is 2.25. The van der Waals surface area contributed by atoms with Gasteiger partial charge in [-0.2, -0.15) is 4.31 Å². The molecule has 1 aromatic heterocycles. The van der Waals surface area contributed by atoms with E-state index in [-0.39, 0.29) is 11.4 Å². The van der Waals surface area contributed by atoms with Gasteiger partial charge < -0.3 is 5.32 Å². The van der Waals surface area contributed by atoms with Crippen LogP contribution in [0.15, 0.2) is 65.8 Å². The lowest BCUT2D eigenvalue weighted by atomic mass is 10.2. The van der Waals surface area contributed by atoms with E-state index in [0.29, 0.717) is 11.1 Å². The Morgan fingerprint density at radius 1 is 1.12 bits per heavy atom. The van der Waals surface area contributed by atoms with Crippen LogP contribution in [0.2, 0.25) is 0 Å². The standard InChI is InChI=1S/C19H19N3O3S/c1-14-6-3-4-8-17(14)21-19(23)13-22(2)26(24,25)18-9-5-7-15-12-20-11-10-16(15)18/h3-12H,13H2,1-2H3,(H,21,23). The number of hydrogen-bond acceptors (Lipinski definition) is 4. The second-order valence-corrected chi connectivity index (χ2v) is 7.99. The van der Waals surface area contributed by atoms with Crippen molar-refractivity contribution in [1.29, 1.82) is 0 Å². The number of fused-ring (bicyclic) bond motifs is 1. The van der Waals surface area contributed by atoms with E-state index >= 15 is 0 Å². The first-order valence-corrected chi connectivity index (χ1v) is 9.48. The number of rotatable bonds is 5. The van der Waals surface area contributed by atoms with E-state index in [1.165, 1.54) is 13.1 Å². The Kier molecular flexibility index (Phi) is 5.01. The first kappa shape index (κ1) is 18.0. The number of likely N-dealkylation sites (N-methyl/N-ethyl adjacent to an activating group) is 1. The van der Waals surface area contributed by atoms with E-state index in [1.807, 2.05) is 25.1 Å². The summed E-state index contributed by atoms with van der Waals surface area (Å²) >= 11 is 0. The summed E-state index contributed by atoms with van der Waals surface area (Å²) in [6.07, 6.45) is 3.16. The normalized spacial score (nSPS) is 11.7. The summed E-state index contributed by atoms with van der Waals surface area (Å²) in [5, 5.41) is 4.05. The number of aromatic nitrogens is 1. The Morgan fingerprint density at radius 2 is 1.88 bits per heavy atom. The molecule has 0 saturated carbocycles. The number of amides is 1. The molecular weight excluding hydrogens is 350 g/mol. The minimum atomic E-state index is -3.82. The van der Waals surface area contributed by atoms with Crippen molar-refractivity contribution in [3.63, 3.8) is 0 Å². The molecular formula is C19H19N3O3S. The fourth-order valence-corrected chi connectivity index (χ4v) is 4.01. The number of sulfonamides is 1. The van der Waals surface area contributed by atoms with Gasteiger partial charge in [0.2, 0.25) is 15.9 Å². The molecule has 0 spiro atoms. The molecule has 1 N–H and O–H groups in total. The van der Waals surface area contributed by atoms with E-state index in [0.717, 1.165) is 15.3 Å². The molecule has 1 amide bonds. The zero-order valence-electron chi connectivity index (χ0n) is 14.5. The lowest BCUT2D eigenvalue weighted by Gasteiger charge is -2.18. The highest BCUT2D eigenvalue weighted by Crippen LogP contribution is 2.24. The maximum absolute atomic E-state index is 12.9. The monoisotopic (exact) mass is 369 g/mol. The third-order valence-corrected chi connectivity index (χ3v) is 5.98. The van der Waals surface area contributed by atoms with Crippen molar-refractivity contribution >= 4 is 32.4 Å². The lowest BCUT2D eigenvalue weighted by molar-refractivity contribution is -0.116. The molecule has 0 fully saturated rings. The van der Waals surface area contributed by atoms with Gasteiger partial charge in [0.05, 0.1) is 11.4 Å². The molecule has 26 heavy (non-hydrogen) atoms. The van der Waals surface area contributed by atoms with Crippen LogP contribution < -0.4 is 5.32 Å². The lowest BCUT2D eigenvalue weighted by Crippen LogP contribution is -2.35. The number of nitrogens with one attached hydrogen (secondary N) is 1. The van der Waals surface area contributed by atoms with Crippen molar-refractivity contribution in [3.8, 4) is 0 Å². The number of para-hydroxylation sites is 1. The summed E-state index contributed by atoms with van der Waals surface area (Å²) in [6, 6.07) is 14.0. The average molecular weight is 369 g/mol. The smallest absolute Gasteiger partial charge is 0.243 e. The summed E-state index contributed by atoms with van der Waals surface area (Å²) in [5.74, 6) is -0.396. The number of carbonyl (C=O) groups excluding carboxylic acids is 1. The van der Waals surface area contributed by atoms with Gasteiger partial charge in [-0.1, -0.05) is 30.3 Å². The third kappa shape index (κ3) is 3.58. The van der Waals surface area contributed by atoms with E-state index in [9.17, 15) is 13.2 Å². The number of hydrogen-bond donors (Lipinski definition) is 1. The SMILES string of the molecule is Cc1ccccc1NC(=O)CN(C)S(=O)(=O)c1cccc2cnccc12. The van der Waals surface area contributed by atoms with E-state index in [4.69, 9.17) is 0 Å². The van der Waals surface area contributed by atoms with Gasteiger partial charge in [0, 0.05) is 35.9 Å². The van der Waals surface area contributed by atoms with Crippen LogP contribution in [0.25, 0.3) is 10.8 Å². The number of carbonyl (C=O) groups is 1. The minimum Gasteiger partial charge on any atom is -0.325 e. The molecule has 0 saturated heterocycles. The molecule has 6 nitrogen and oxygen atoms in total. The molecule has 134 valence electrons. The Balaban J connectivity index is 1.83. The molecule has 3 rings (SSSR count). The van der Waals surface area contributed by atoms with E-state index in [2.05, 4.69) is 10.3 Å². The molecule has 0 atom stereocenters. The number of benzene rings is 2. The number of anilines is 1. The zero-order chi connectivity index (χ0) is 18.7. The van der Waals surface area contributed by atoms with Gasteiger partial charge in [-0.25, -0.2) is 8.42 Å². The Labute approximate surface area is 152 Å². The van der Waals surface area contributed by atoms with Crippen molar-refractivity contribution in [1.82, 2.24) is 9.29 Å². The van der Waals surface area contributed by atoms with Crippen LogP contribution in [-0.2, 0) is 14.8 Å². The van der Waals surface area contributed by atoms with Gasteiger partial charge in [-0.15, -0.1) is 0 Å². The maximum atomic E-state index is 12.9. The first-order chi connectivity index (χ1) is 12.4. The van der Waals surface area contributed by atoms with E-state index < -0.39 is 15.9 Å². The summed E-state index contributed by atoms with van der Waals surface area (Å²) in [6.45, 7) is 1.60. The third-order valence-electron chi connectivity index (χ3n) is 4.11. The van der Waals surface area contributed by atoms with Crippen molar-refractivity contribution < 1.29 is 13.2 Å². The fraction of sp³-hybridized carbons (Fsp3) is 0.158. The van der Waals surface area contributed by atoms with Crippen LogP contribution in [0, 0.1) is 6.92 Å². The number of nitrogens with zero attached hydrogens (tertiary/aromatic N) is 2. The maximum Gasteiger partial charge on any atom is 0.243 e. The second kappa shape index (κ2) is 7.23. The molecule has 0 unspecified atom stereocenters. The topological polar surface area (TPSA) is 79.4 Å². The average Bonchev–Trinajstić information content (AvgIpc) is 2.63. The van der Waals surface area contributed by atoms with Gasteiger partial charge >= 0.3 is 0 Å². The molecule has 3 aromatic rings. The fourth-order valence-electron chi connectivity index (χ4n) is 2.68. The highest BCUT2D eigenvalue weighted by atomic mass is 32.2. The Morgan fingerprint density at radius 3 is 2.65 bits per heavy atom. The Hall–Kier alpha value is -2.77. The van der Waals surface area contributed by atoms with Crippen molar-refractivity contribution in [3.05, 3.63) is 66.5 Å². The highest BCUT2D eigenvalue weighted by molar-refractivity contribution is 7.89. The molecule has 7 heteroatoms. The Bertz CT molecular complexity index is 1060. The van der Waals surface area contributed by atoms with Crippen LogP contribution >= 0.6 is 0 Å². The number of pyridine rings is 1. The summed E-state index contributed by atoms with van der Waals surface area (Å²) in [4.78, 5) is 16.5. The predicted molar refractivity (Wildman–Crippen MR) is 101 cm³/mol. The van der Waals surface area contributed by atoms with Gasteiger partial charge in [-0.3, -0.25) is 9.78 Å². The van der Waals surface area contributed by atoms with Crippen LogP contribution in [0.3, 0.4) is 0 Å². The second-order valence-electron chi connectivity index (χ2n) is 5.98. The largest absolute Gasteiger partial charge is 0.325 e. The molecule has 0 radical (unpaired) electrons. The summed E-state index contributed by atoms with van der Waals surface area (Å²) < 4.78 is 26.9. The van der Waals surface area contributed by atoms with Crippen molar-refractivity contribution in [2.24, 2.45) is 0 Å². The predicted octanol–water partition coefficient (Wildman–Crippen LogP) is 2.80.